The Kier molecular flexibility index (Phi) is 6.57. The number of carbonyl (C=O) groups excluding carboxylic acids is 2. The normalized spacial score (nSPS) is 11.4. The van der Waals surface area contributed by atoms with Crippen molar-refractivity contribution in [2.75, 3.05) is 0 Å². The van der Waals surface area contributed by atoms with Crippen molar-refractivity contribution in [3.8, 4) is 22.6 Å². The minimum absolute atomic E-state index is 0.277. The highest BCUT2D eigenvalue weighted by Crippen LogP contribution is 2.36. The van der Waals surface area contributed by atoms with Gasteiger partial charge >= 0.3 is 11.9 Å². The highest BCUT2D eigenvalue weighted by Gasteiger charge is 2.25. The Morgan fingerprint density at radius 3 is 1.33 bits per heavy atom. The highest BCUT2D eigenvalue weighted by molar-refractivity contribution is 7.86. The molecule has 0 fully saturated rings. The third-order valence-electron chi connectivity index (χ3n) is 3.52. The van der Waals surface area contributed by atoms with E-state index >= 15 is 0 Å². The van der Waals surface area contributed by atoms with Crippen molar-refractivity contribution in [1.29, 1.82) is 0 Å². The molecule has 0 spiro atoms. The number of rotatable bonds is 7. The third-order valence-corrected chi connectivity index (χ3v) is 5.31. The Bertz CT molecular complexity index is 1160. The molecule has 0 aromatic heterocycles. The lowest BCUT2D eigenvalue weighted by Gasteiger charge is -2.13. The van der Waals surface area contributed by atoms with Gasteiger partial charge in [0.2, 0.25) is 0 Å². The first-order chi connectivity index (χ1) is 13.9. The van der Waals surface area contributed by atoms with E-state index in [0.717, 1.165) is 48.6 Å². The standard InChI is InChI=1S/C18H14O10S2/c1-3-17(19)27-11-5-7-13(15(9-11)29(21,22)23)14-8-6-12(28-18(20)4-2)10-16(14)30(24,25)26/h3-10H,1-2H2,(H,21,22,23)(H,24,25,26). The largest absolute Gasteiger partial charge is 0.423 e. The zero-order valence-electron chi connectivity index (χ0n) is 15.0. The molecule has 0 saturated carbocycles. The van der Waals surface area contributed by atoms with E-state index in [9.17, 15) is 35.5 Å². The van der Waals surface area contributed by atoms with Crippen LogP contribution in [0.5, 0.6) is 11.5 Å². The van der Waals surface area contributed by atoms with E-state index in [4.69, 9.17) is 9.47 Å². The number of hydrogen-bond acceptors (Lipinski definition) is 8. The van der Waals surface area contributed by atoms with E-state index in [2.05, 4.69) is 13.2 Å². The van der Waals surface area contributed by atoms with Gasteiger partial charge in [-0.3, -0.25) is 9.11 Å². The molecule has 2 aromatic rings. The average Bonchev–Trinajstić information content (AvgIpc) is 2.66. The van der Waals surface area contributed by atoms with Crippen LogP contribution in [0.3, 0.4) is 0 Å². The molecule has 2 N–H and O–H groups in total. The predicted molar refractivity (Wildman–Crippen MR) is 103 cm³/mol. The number of benzene rings is 2. The van der Waals surface area contributed by atoms with Crippen LogP contribution < -0.4 is 9.47 Å². The lowest BCUT2D eigenvalue weighted by atomic mass is 10.1. The fourth-order valence-corrected chi connectivity index (χ4v) is 3.76. The first-order valence-corrected chi connectivity index (χ1v) is 10.7. The number of ether oxygens (including phenoxy) is 2. The lowest BCUT2D eigenvalue weighted by molar-refractivity contribution is -0.129. The molecule has 0 heterocycles. The molecule has 0 amide bonds. The lowest BCUT2D eigenvalue weighted by Crippen LogP contribution is -2.08. The Morgan fingerprint density at radius 1 is 0.733 bits per heavy atom. The van der Waals surface area contributed by atoms with E-state index in [1.54, 1.807) is 0 Å². The molecule has 0 atom stereocenters. The predicted octanol–water partition coefficient (Wildman–Crippen LogP) is 2.03. The van der Waals surface area contributed by atoms with Crippen LogP contribution in [-0.4, -0.2) is 37.9 Å². The molecule has 0 aliphatic carbocycles. The maximum absolute atomic E-state index is 11.8. The summed E-state index contributed by atoms with van der Waals surface area (Å²) in [7, 11) is -9.87. The Balaban J connectivity index is 2.76. The monoisotopic (exact) mass is 454 g/mol. The minimum atomic E-state index is -4.93. The molecular formula is C18H14O10S2. The molecule has 158 valence electrons. The van der Waals surface area contributed by atoms with Crippen molar-refractivity contribution in [3.63, 3.8) is 0 Å². The maximum atomic E-state index is 11.8. The SMILES string of the molecule is C=CC(=O)Oc1ccc(-c2ccc(OC(=O)C=C)cc2S(=O)(=O)O)c(S(=O)(=O)O)c1. The molecule has 0 saturated heterocycles. The fraction of sp³-hybridized carbons (Fsp3) is 0. The van der Waals surface area contributed by atoms with Gasteiger partial charge in [0, 0.05) is 35.4 Å². The first-order valence-electron chi connectivity index (χ1n) is 7.78. The molecule has 2 rings (SSSR count). The Hall–Kier alpha value is -3.32. The van der Waals surface area contributed by atoms with E-state index in [-0.39, 0.29) is 22.6 Å². The molecular weight excluding hydrogens is 440 g/mol. The van der Waals surface area contributed by atoms with Gasteiger partial charge in [0.1, 0.15) is 21.3 Å². The first kappa shape index (κ1) is 23.0. The van der Waals surface area contributed by atoms with Gasteiger partial charge in [-0.05, 0) is 24.3 Å². The quantitative estimate of drug-likeness (QED) is 0.274. The zero-order chi connectivity index (χ0) is 22.7. The summed E-state index contributed by atoms with van der Waals surface area (Å²) in [4.78, 5) is 21.0. The summed E-state index contributed by atoms with van der Waals surface area (Å²) >= 11 is 0. The fourth-order valence-electron chi connectivity index (χ4n) is 2.32. The van der Waals surface area contributed by atoms with Crippen molar-refractivity contribution < 1.29 is 45.0 Å². The van der Waals surface area contributed by atoms with Gasteiger partial charge in [0.05, 0.1) is 0 Å². The molecule has 0 aliphatic rings. The van der Waals surface area contributed by atoms with Gasteiger partial charge < -0.3 is 9.47 Å². The summed E-state index contributed by atoms with van der Waals surface area (Å²) in [5.41, 5.74) is -0.685. The topological polar surface area (TPSA) is 161 Å². The summed E-state index contributed by atoms with van der Waals surface area (Å²) < 4.78 is 76.1. The van der Waals surface area contributed by atoms with Crippen LogP contribution in [0, 0.1) is 0 Å². The van der Waals surface area contributed by atoms with Crippen molar-refractivity contribution in [1.82, 2.24) is 0 Å². The highest BCUT2D eigenvalue weighted by atomic mass is 32.2. The second kappa shape index (κ2) is 8.59. The Labute approximate surface area is 171 Å². The molecule has 0 bridgehead atoms. The van der Waals surface area contributed by atoms with Crippen LogP contribution in [0.2, 0.25) is 0 Å². The molecule has 0 unspecified atom stereocenters. The van der Waals surface area contributed by atoms with Crippen LogP contribution in [0.15, 0.2) is 71.5 Å². The molecule has 0 aliphatic heterocycles. The molecule has 0 radical (unpaired) electrons. The summed E-state index contributed by atoms with van der Waals surface area (Å²) in [6, 6.07) is 5.93. The van der Waals surface area contributed by atoms with Crippen LogP contribution >= 0.6 is 0 Å². The molecule has 30 heavy (non-hydrogen) atoms. The van der Waals surface area contributed by atoms with Crippen LogP contribution in [0.4, 0.5) is 0 Å². The number of carbonyl (C=O) groups is 2. The van der Waals surface area contributed by atoms with Crippen LogP contribution in [-0.2, 0) is 29.8 Å². The van der Waals surface area contributed by atoms with Crippen molar-refractivity contribution in [2.45, 2.75) is 9.79 Å². The van der Waals surface area contributed by atoms with E-state index in [0.29, 0.717) is 0 Å². The van der Waals surface area contributed by atoms with Crippen molar-refractivity contribution in [3.05, 3.63) is 61.7 Å². The van der Waals surface area contributed by atoms with Gasteiger partial charge in [-0.1, -0.05) is 13.2 Å². The second-order valence-corrected chi connectivity index (χ2v) is 8.30. The van der Waals surface area contributed by atoms with E-state index in [1.165, 1.54) is 0 Å². The van der Waals surface area contributed by atoms with E-state index < -0.39 is 42.0 Å². The van der Waals surface area contributed by atoms with Crippen molar-refractivity contribution >= 4 is 32.2 Å². The average molecular weight is 454 g/mol. The molecule has 12 heteroatoms. The van der Waals surface area contributed by atoms with E-state index in [1.807, 2.05) is 0 Å². The second-order valence-electron chi connectivity index (χ2n) is 5.52. The number of esters is 2. The third kappa shape index (κ3) is 5.39. The van der Waals surface area contributed by atoms with Gasteiger partial charge in [0.15, 0.2) is 0 Å². The minimum Gasteiger partial charge on any atom is -0.423 e. The van der Waals surface area contributed by atoms with Gasteiger partial charge in [-0.15, -0.1) is 0 Å². The zero-order valence-corrected chi connectivity index (χ0v) is 16.6. The van der Waals surface area contributed by atoms with Gasteiger partial charge in [0.25, 0.3) is 20.2 Å². The van der Waals surface area contributed by atoms with Crippen molar-refractivity contribution in [2.24, 2.45) is 0 Å². The summed E-state index contributed by atoms with van der Waals surface area (Å²) in [5.74, 6) is -2.37. The van der Waals surface area contributed by atoms with Crippen LogP contribution in [0.25, 0.3) is 11.1 Å². The maximum Gasteiger partial charge on any atom is 0.335 e. The summed E-state index contributed by atoms with van der Waals surface area (Å²) in [6.45, 7) is 6.38. The van der Waals surface area contributed by atoms with Gasteiger partial charge in [-0.2, -0.15) is 16.8 Å². The summed E-state index contributed by atoms with van der Waals surface area (Å²) in [5, 5.41) is 0. The van der Waals surface area contributed by atoms with Crippen LogP contribution in [0.1, 0.15) is 0 Å². The summed E-state index contributed by atoms with van der Waals surface area (Å²) in [6.07, 6.45) is 1.64. The molecule has 2 aromatic carbocycles. The van der Waals surface area contributed by atoms with Gasteiger partial charge in [-0.25, -0.2) is 9.59 Å². The Morgan fingerprint density at radius 2 is 1.07 bits per heavy atom. The number of hydrogen-bond donors (Lipinski definition) is 2. The molecule has 10 nitrogen and oxygen atoms in total. The smallest absolute Gasteiger partial charge is 0.335 e.